The maximum absolute atomic E-state index is 13.1. The van der Waals surface area contributed by atoms with Gasteiger partial charge in [0.1, 0.15) is 17.4 Å². The Kier molecular flexibility index (Phi) is 6.76. The molecule has 0 bridgehead atoms. The molecule has 1 saturated heterocycles. The SMILES string of the molecule is COc1ccc(CC(=O)N2CCCN(c3nc(Cc4ccc(F)cc4)ns3)CC2)cc1. The fraction of sp³-hybridized carbons (Fsp3) is 0.348. The maximum Gasteiger partial charge on any atom is 0.227 e. The van der Waals surface area contributed by atoms with E-state index in [4.69, 9.17) is 4.74 Å². The zero-order chi connectivity index (χ0) is 21.6. The van der Waals surface area contributed by atoms with Crippen LogP contribution in [-0.4, -0.2) is 53.5 Å². The number of nitrogens with zero attached hydrogens (tertiary/aromatic N) is 4. The first kappa shape index (κ1) is 21.2. The van der Waals surface area contributed by atoms with Gasteiger partial charge in [-0.3, -0.25) is 4.79 Å². The summed E-state index contributed by atoms with van der Waals surface area (Å²) in [6.07, 6.45) is 1.86. The number of methoxy groups -OCH3 is 1. The maximum atomic E-state index is 13.1. The highest BCUT2D eigenvalue weighted by atomic mass is 32.1. The number of rotatable bonds is 6. The van der Waals surface area contributed by atoms with Crippen molar-refractivity contribution in [2.75, 3.05) is 38.2 Å². The normalized spacial score (nSPS) is 14.4. The molecule has 6 nitrogen and oxygen atoms in total. The molecule has 0 radical (unpaired) electrons. The molecule has 0 spiro atoms. The summed E-state index contributed by atoms with van der Waals surface area (Å²) in [7, 11) is 1.63. The fourth-order valence-corrected chi connectivity index (χ4v) is 4.35. The lowest BCUT2D eigenvalue weighted by Gasteiger charge is -2.21. The van der Waals surface area contributed by atoms with Gasteiger partial charge in [-0.05, 0) is 41.8 Å². The van der Waals surface area contributed by atoms with Crippen molar-refractivity contribution in [3.05, 3.63) is 71.3 Å². The summed E-state index contributed by atoms with van der Waals surface area (Å²) in [6, 6.07) is 14.1. The molecule has 0 saturated carbocycles. The molecule has 3 aromatic rings. The van der Waals surface area contributed by atoms with Crippen LogP contribution in [-0.2, 0) is 17.6 Å². The van der Waals surface area contributed by atoms with Crippen molar-refractivity contribution < 1.29 is 13.9 Å². The van der Waals surface area contributed by atoms with E-state index in [1.54, 1.807) is 19.2 Å². The Balaban J connectivity index is 1.32. The molecule has 0 aliphatic carbocycles. The summed E-state index contributed by atoms with van der Waals surface area (Å²) in [6.45, 7) is 2.99. The number of amides is 1. The lowest BCUT2D eigenvalue weighted by Crippen LogP contribution is -2.36. The summed E-state index contributed by atoms with van der Waals surface area (Å²) in [5.74, 6) is 1.42. The lowest BCUT2D eigenvalue weighted by molar-refractivity contribution is -0.130. The zero-order valence-corrected chi connectivity index (χ0v) is 18.3. The van der Waals surface area contributed by atoms with E-state index in [0.29, 0.717) is 19.4 Å². The highest BCUT2D eigenvalue weighted by molar-refractivity contribution is 7.09. The number of carbonyl (C=O) groups is 1. The van der Waals surface area contributed by atoms with Crippen LogP contribution in [0.3, 0.4) is 0 Å². The van der Waals surface area contributed by atoms with Gasteiger partial charge in [0.25, 0.3) is 0 Å². The van der Waals surface area contributed by atoms with Crippen LogP contribution in [0.15, 0.2) is 48.5 Å². The first-order chi connectivity index (χ1) is 15.1. The molecule has 0 unspecified atom stereocenters. The molecule has 1 aliphatic rings. The van der Waals surface area contributed by atoms with Crippen molar-refractivity contribution in [2.45, 2.75) is 19.3 Å². The van der Waals surface area contributed by atoms with Crippen LogP contribution < -0.4 is 9.64 Å². The molecule has 1 aromatic heterocycles. The Labute approximate surface area is 185 Å². The molecule has 1 fully saturated rings. The Hall–Kier alpha value is -3.00. The average Bonchev–Trinajstić information content (AvgIpc) is 3.10. The minimum atomic E-state index is -0.244. The van der Waals surface area contributed by atoms with E-state index >= 15 is 0 Å². The highest BCUT2D eigenvalue weighted by Gasteiger charge is 2.21. The van der Waals surface area contributed by atoms with Gasteiger partial charge < -0.3 is 14.5 Å². The van der Waals surface area contributed by atoms with E-state index < -0.39 is 0 Å². The van der Waals surface area contributed by atoms with Crippen LogP contribution in [0, 0.1) is 5.82 Å². The molecule has 31 heavy (non-hydrogen) atoms. The molecule has 1 aliphatic heterocycles. The summed E-state index contributed by atoms with van der Waals surface area (Å²) in [5, 5.41) is 0.876. The quantitative estimate of drug-likeness (QED) is 0.587. The van der Waals surface area contributed by atoms with Crippen molar-refractivity contribution in [1.82, 2.24) is 14.3 Å². The van der Waals surface area contributed by atoms with Crippen LogP contribution >= 0.6 is 11.5 Å². The van der Waals surface area contributed by atoms with Gasteiger partial charge in [0.2, 0.25) is 11.0 Å². The molecule has 2 heterocycles. The van der Waals surface area contributed by atoms with Crippen molar-refractivity contribution in [3.63, 3.8) is 0 Å². The molecular formula is C23H25FN4O2S. The third-order valence-electron chi connectivity index (χ3n) is 5.37. The molecule has 0 atom stereocenters. The Bertz CT molecular complexity index is 1010. The van der Waals surface area contributed by atoms with Crippen molar-refractivity contribution in [1.29, 1.82) is 0 Å². The van der Waals surface area contributed by atoms with Crippen LogP contribution in [0.25, 0.3) is 0 Å². The Morgan fingerprint density at radius 3 is 2.52 bits per heavy atom. The van der Waals surface area contributed by atoms with Gasteiger partial charge in [0, 0.05) is 44.1 Å². The number of benzene rings is 2. The largest absolute Gasteiger partial charge is 0.497 e. The molecular weight excluding hydrogens is 415 g/mol. The van der Waals surface area contributed by atoms with Gasteiger partial charge in [0.05, 0.1) is 13.5 Å². The monoisotopic (exact) mass is 440 g/mol. The molecule has 8 heteroatoms. The Morgan fingerprint density at radius 2 is 1.77 bits per heavy atom. The summed E-state index contributed by atoms with van der Waals surface area (Å²) < 4.78 is 22.7. The second kappa shape index (κ2) is 9.87. The van der Waals surface area contributed by atoms with Crippen LogP contribution in [0.1, 0.15) is 23.4 Å². The van der Waals surface area contributed by atoms with Crippen LogP contribution in [0.2, 0.25) is 0 Å². The molecule has 4 rings (SSSR count). The average molecular weight is 441 g/mol. The number of aromatic nitrogens is 2. The molecule has 0 N–H and O–H groups in total. The molecule has 1 amide bonds. The summed E-state index contributed by atoms with van der Waals surface area (Å²) >= 11 is 1.38. The third-order valence-corrected chi connectivity index (χ3v) is 6.18. The van der Waals surface area contributed by atoms with Crippen molar-refractivity contribution in [2.24, 2.45) is 0 Å². The number of halogens is 1. The smallest absolute Gasteiger partial charge is 0.227 e. The predicted octanol–water partition coefficient (Wildman–Crippen LogP) is 3.56. The molecule has 2 aromatic carbocycles. The van der Waals surface area contributed by atoms with Gasteiger partial charge >= 0.3 is 0 Å². The number of ether oxygens (including phenoxy) is 1. The van der Waals surface area contributed by atoms with Gasteiger partial charge in [0.15, 0.2) is 0 Å². The molecule has 162 valence electrons. The van der Waals surface area contributed by atoms with E-state index in [-0.39, 0.29) is 11.7 Å². The highest BCUT2D eigenvalue weighted by Crippen LogP contribution is 2.21. The van der Waals surface area contributed by atoms with Crippen LogP contribution in [0.5, 0.6) is 5.75 Å². The summed E-state index contributed by atoms with van der Waals surface area (Å²) in [5.41, 5.74) is 1.97. The van der Waals surface area contributed by atoms with E-state index in [2.05, 4.69) is 14.3 Å². The van der Waals surface area contributed by atoms with Gasteiger partial charge in [-0.15, -0.1) is 0 Å². The number of hydrogen-bond acceptors (Lipinski definition) is 6. The van der Waals surface area contributed by atoms with E-state index in [1.165, 1.54) is 23.7 Å². The first-order valence-electron chi connectivity index (χ1n) is 10.3. The predicted molar refractivity (Wildman–Crippen MR) is 119 cm³/mol. The van der Waals surface area contributed by atoms with Gasteiger partial charge in [-0.1, -0.05) is 24.3 Å². The minimum absolute atomic E-state index is 0.140. The number of hydrogen-bond donors (Lipinski definition) is 0. The van der Waals surface area contributed by atoms with Crippen molar-refractivity contribution >= 4 is 22.6 Å². The van der Waals surface area contributed by atoms with E-state index in [0.717, 1.165) is 53.9 Å². The standard InChI is InChI=1S/C23H25FN4O2S/c1-30-20-9-5-18(6-10-20)16-22(29)27-11-2-12-28(14-13-27)23-25-21(26-31-23)15-17-3-7-19(24)8-4-17/h3-10H,2,11-16H2,1H3. The topological polar surface area (TPSA) is 58.6 Å². The minimum Gasteiger partial charge on any atom is -0.497 e. The number of anilines is 1. The van der Waals surface area contributed by atoms with Gasteiger partial charge in [-0.25, -0.2) is 9.37 Å². The second-order valence-corrected chi connectivity index (χ2v) is 8.27. The van der Waals surface area contributed by atoms with E-state index in [1.807, 2.05) is 29.2 Å². The van der Waals surface area contributed by atoms with Gasteiger partial charge in [-0.2, -0.15) is 4.37 Å². The van der Waals surface area contributed by atoms with E-state index in [9.17, 15) is 9.18 Å². The second-order valence-electron chi connectivity index (χ2n) is 7.54. The lowest BCUT2D eigenvalue weighted by atomic mass is 10.1. The third kappa shape index (κ3) is 5.58. The fourth-order valence-electron chi connectivity index (χ4n) is 3.62. The summed E-state index contributed by atoms with van der Waals surface area (Å²) in [4.78, 5) is 21.6. The van der Waals surface area contributed by atoms with Crippen molar-refractivity contribution in [3.8, 4) is 5.75 Å². The first-order valence-corrected chi connectivity index (χ1v) is 11.1. The van der Waals surface area contributed by atoms with Crippen LogP contribution in [0.4, 0.5) is 9.52 Å². The Morgan fingerprint density at radius 1 is 1.03 bits per heavy atom. The number of carbonyl (C=O) groups excluding carboxylic acids is 1. The zero-order valence-electron chi connectivity index (χ0n) is 17.5.